The Hall–Kier alpha value is -0.980. The van der Waals surface area contributed by atoms with Gasteiger partial charge in [-0.25, -0.2) is 0 Å². The molecule has 0 saturated carbocycles. The third-order valence-electron chi connectivity index (χ3n) is 2.55. The van der Waals surface area contributed by atoms with E-state index in [4.69, 9.17) is 0 Å². The lowest BCUT2D eigenvalue weighted by Crippen LogP contribution is -2.02. The fourth-order valence-corrected chi connectivity index (χ4v) is 4.33. The third kappa shape index (κ3) is 2.80. The van der Waals surface area contributed by atoms with Crippen molar-refractivity contribution in [3.05, 3.63) is 45.3 Å². The summed E-state index contributed by atoms with van der Waals surface area (Å²) in [7, 11) is -3.01. The number of halogens is 2. The quantitative estimate of drug-likeness (QED) is 0.748. The number of rotatable bonds is 2. The monoisotopic (exact) mass is 404 g/mol. The zero-order valence-electron chi connectivity index (χ0n) is 9.64. The van der Waals surface area contributed by atoms with Crippen LogP contribution in [0.15, 0.2) is 55.1 Å². The maximum Gasteiger partial charge on any atom is 0.131 e. The SMILES string of the molecule is C=S(=O)(c1cc(Br)ccc1O)c1cc(Br)ccc1O. The molecule has 0 aliphatic heterocycles. The predicted octanol–water partition coefficient (Wildman–Crippen LogP) is 3.76. The maximum atomic E-state index is 12.9. The molecule has 19 heavy (non-hydrogen) atoms. The number of phenolic OH excluding ortho intramolecular Hbond substituents is 2. The number of benzene rings is 2. The molecular weight excluding hydrogens is 396 g/mol. The van der Waals surface area contributed by atoms with Gasteiger partial charge in [0.1, 0.15) is 11.5 Å². The van der Waals surface area contributed by atoms with Crippen LogP contribution in [-0.2, 0) is 9.52 Å². The number of aromatic hydroxyl groups is 2. The van der Waals surface area contributed by atoms with Gasteiger partial charge in [0.05, 0.1) is 9.79 Å². The van der Waals surface area contributed by atoms with Crippen LogP contribution in [0.1, 0.15) is 0 Å². The molecule has 2 aromatic rings. The zero-order chi connectivity index (χ0) is 14.2. The van der Waals surface area contributed by atoms with Gasteiger partial charge in [0, 0.05) is 18.5 Å². The standard InChI is InChI=1S/C13H10Br2O3S/c1-19(18,12-6-8(14)2-4-10(12)16)13-7-9(15)3-5-11(13)17/h2-7,16-17H,1H2. The maximum absolute atomic E-state index is 12.9. The summed E-state index contributed by atoms with van der Waals surface area (Å²) in [6, 6.07) is 9.19. The van der Waals surface area contributed by atoms with E-state index in [0.29, 0.717) is 8.95 Å². The van der Waals surface area contributed by atoms with Crippen LogP contribution in [0.5, 0.6) is 11.5 Å². The van der Waals surface area contributed by atoms with Crippen LogP contribution < -0.4 is 0 Å². The average molecular weight is 406 g/mol. The van der Waals surface area contributed by atoms with Gasteiger partial charge in [-0.05, 0) is 42.3 Å². The van der Waals surface area contributed by atoms with E-state index in [-0.39, 0.29) is 21.3 Å². The van der Waals surface area contributed by atoms with E-state index in [1.165, 1.54) is 24.3 Å². The van der Waals surface area contributed by atoms with Gasteiger partial charge in [0.15, 0.2) is 0 Å². The van der Waals surface area contributed by atoms with E-state index < -0.39 is 9.52 Å². The molecule has 0 aromatic heterocycles. The molecule has 0 saturated heterocycles. The van der Waals surface area contributed by atoms with Gasteiger partial charge in [-0.3, -0.25) is 4.21 Å². The van der Waals surface area contributed by atoms with Crippen LogP contribution in [0.3, 0.4) is 0 Å². The highest BCUT2D eigenvalue weighted by molar-refractivity contribution is 9.10. The third-order valence-corrected chi connectivity index (χ3v) is 5.62. The van der Waals surface area contributed by atoms with E-state index in [2.05, 4.69) is 37.7 Å². The Morgan fingerprint density at radius 1 is 0.895 bits per heavy atom. The van der Waals surface area contributed by atoms with Crippen molar-refractivity contribution in [1.82, 2.24) is 0 Å². The largest absolute Gasteiger partial charge is 0.507 e. The average Bonchev–Trinajstić information content (AvgIpc) is 2.35. The number of hydrogen-bond acceptors (Lipinski definition) is 3. The summed E-state index contributed by atoms with van der Waals surface area (Å²) in [6.07, 6.45) is 0. The molecule has 0 unspecified atom stereocenters. The van der Waals surface area contributed by atoms with Crippen LogP contribution in [0, 0.1) is 0 Å². The molecule has 0 aliphatic rings. The molecule has 0 radical (unpaired) electrons. The molecule has 0 amide bonds. The lowest BCUT2D eigenvalue weighted by molar-refractivity contribution is 0.457. The molecule has 2 aromatic carbocycles. The summed E-state index contributed by atoms with van der Waals surface area (Å²) < 4.78 is 14.2. The minimum Gasteiger partial charge on any atom is -0.507 e. The zero-order valence-corrected chi connectivity index (χ0v) is 13.6. The van der Waals surface area contributed by atoms with Crippen LogP contribution in [0.25, 0.3) is 0 Å². The Labute approximate surface area is 128 Å². The Morgan fingerprint density at radius 3 is 1.63 bits per heavy atom. The van der Waals surface area contributed by atoms with E-state index in [9.17, 15) is 14.4 Å². The summed E-state index contributed by atoms with van der Waals surface area (Å²) in [4.78, 5) is 0.352. The fourth-order valence-electron chi connectivity index (χ4n) is 1.62. The van der Waals surface area contributed by atoms with E-state index in [1.807, 2.05) is 0 Å². The van der Waals surface area contributed by atoms with Gasteiger partial charge in [-0.2, -0.15) is 0 Å². The lowest BCUT2D eigenvalue weighted by Gasteiger charge is -2.13. The van der Waals surface area contributed by atoms with Crippen LogP contribution >= 0.6 is 31.9 Å². The molecule has 3 nitrogen and oxygen atoms in total. The van der Waals surface area contributed by atoms with Crippen molar-refractivity contribution in [2.45, 2.75) is 9.79 Å². The van der Waals surface area contributed by atoms with Gasteiger partial charge in [0.25, 0.3) is 0 Å². The molecular formula is C13H10Br2O3S. The Kier molecular flexibility index (Phi) is 3.94. The van der Waals surface area contributed by atoms with Gasteiger partial charge in [-0.1, -0.05) is 31.9 Å². The molecule has 0 heterocycles. The highest BCUT2D eigenvalue weighted by Crippen LogP contribution is 2.36. The first-order chi connectivity index (χ1) is 8.82. The summed E-state index contributed by atoms with van der Waals surface area (Å²) in [5.41, 5.74) is 0. The van der Waals surface area contributed by atoms with Crippen molar-refractivity contribution in [2.75, 3.05) is 0 Å². The van der Waals surface area contributed by atoms with Gasteiger partial charge in [-0.15, -0.1) is 0 Å². The molecule has 100 valence electrons. The second-order valence-electron chi connectivity index (χ2n) is 3.90. The Morgan fingerprint density at radius 2 is 1.26 bits per heavy atom. The molecule has 2 rings (SSSR count). The topological polar surface area (TPSA) is 57.5 Å². The van der Waals surface area contributed by atoms with E-state index in [1.54, 1.807) is 12.1 Å². The van der Waals surface area contributed by atoms with E-state index in [0.717, 1.165) is 0 Å². The molecule has 0 spiro atoms. The second kappa shape index (κ2) is 5.19. The molecule has 0 aliphatic carbocycles. The van der Waals surface area contributed by atoms with Crippen molar-refractivity contribution in [2.24, 2.45) is 0 Å². The number of phenols is 2. The molecule has 0 atom stereocenters. The molecule has 6 heteroatoms. The molecule has 0 bridgehead atoms. The van der Waals surface area contributed by atoms with Crippen molar-refractivity contribution in [1.29, 1.82) is 0 Å². The van der Waals surface area contributed by atoms with E-state index >= 15 is 0 Å². The second-order valence-corrected chi connectivity index (χ2v) is 7.96. The first-order valence-electron chi connectivity index (χ1n) is 5.16. The Balaban J connectivity index is 2.72. The van der Waals surface area contributed by atoms with Gasteiger partial charge in [0.2, 0.25) is 0 Å². The summed E-state index contributed by atoms with van der Waals surface area (Å²) in [5.74, 6) is 3.44. The smallest absolute Gasteiger partial charge is 0.131 e. The van der Waals surface area contributed by atoms with Gasteiger partial charge < -0.3 is 10.2 Å². The fraction of sp³-hybridized carbons (Fsp3) is 0. The first-order valence-corrected chi connectivity index (χ1v) is 8.48. The van der Waals surface area contributed by atoms with Crippen molar-refractivity contribution < 1.29 is 14.4 Å². The molecule has 2 N–H and O–H groups in total. The van der Waals surface area contributed by atoms with Crippen molar-refractivity contribution in [3.8, 4) is 11.5 Å². The summed E-state index contributed by atoms with van der Waals surface area (Å²) in [6.45, 7) is 0. The summed E-state index contributed by atoms with van der Waals surface area (Å²) in [5, 5.41) is 19.7. The van der Waals surface area contributed by atoms with Crippen molar-refractivity contribution >= 4 is 47.3 Å². The van der Waals surface area contributed by atoms with Crippen molar-refractivity contribution in [3.63, 3.8) is 0 Å². The van der Waals surface area contributed by atoms with Crippen LogP contribution in [-0.4, -0.2) is 20.3 Å². The minimum atomic E-state index is -3.01. The highest BCUT2D eigenvalue weighted by atomic mass is 79.9. The van der Waals surface area contributed by atoms with Crippen LogP contribution in [0.4, 0.5) is 0 Å². The van der Waals surface area contributed by atoms with Crippen LogP contribution in [0.2, 0.25) is 0 Å². The van der Waals surface area contributed by atoms with Gasteiger partial charge >= 0.3 is 0 Å². The summed E-state index contributed by atoms with van der Waals surface area (Å²) >= 11 is 6.52. The normalized spacial score (nSPS) is 11.5. The number of hydrogen-bond donors (Lipinski definition) is 2. The highest BCUT2D eigenvalue weighted by Gasteiger charge is 2.19. The minimum absolute atomic E-state index is 0.123. The molecule has 0 fully saturated rings. The first kappa shape index (κ1) is 14.4. The predicted molar refractivity (Wildman–Crippen MR) is 83.4 cm³/mol. The lowest BCUT2D eigenvalue weighted by atomic mass is 10.3. The Bertz CT molecular complexity index is 682.